The van der Waals surface area contributed by atoms with E-state index in [0.717, 1.165) is 0 Å². The summed E-state index contributed by atoms with van der Waals surface area (Å²) in [4.78, 5) is 10.4. The van der Waals surface area contributed by atoms with Crippen LogP contribution in [0.5, 0.6) is 0 Å². The second-order valence-corrected chi connectivity index (χ2v) is 4.99. The van der Waals surface area contributed by atoms with Crippen LogP contribution >= 0.6 is 15.9 Å². The fourth-order valence-electron chi connectivity index (χ4n) is 1.14. The van der Waals surface area contributed by atoms with Crippen LogP contribution in [0.3, 0.4) is 0 Å². The van der Waals surface area contributed by atoms with Crippen LogP contribution in [0.25, 0.3) is 0 Å². The highest BCUT2D eigenvalue weighted by Crippen LogP contribution is 2.33. The van der Waals surface area contributed by atoms with Crippen molar-refractivity contribution in [2.24, 2.45) is 7.05 Å². The monoisotopic (exact) mass is 276 g/mol. The summed E-state index contributed by atoms with van der Waals surface area (Å²) in [5, 5.41) is 17.8. The van der Waals surface area contributed by atoms with E-state index in [4.69, 9.17) is 0 Å². The number of nitrogens with one attached hydrogen (secondary N) is 1. The molecule has 0 atom stereocenters. The van der Waals surface area contributed by atoms with Crippen molar-refractivity contribution in [2.75, 3.05) is 5.32 Å². The van der Waals surface area contributed by atoms with Crippen LogP contribution in [0.1, 0.15) is 20.8 Å². The van der Waals surface area contributed by atoms with Gasteiger partial charge in [0.15, 0.2) is 0 Å². The summed E-state index contributed by atoms with van der Waals surface area (Å²) in [6, 6.07) is 0. The zero-order chi connectivity index (χ0) is 11.8. The van der Waals surface area contributed by atoms with Crippen molar-refractivity contribution in [3.8, 4) is 0 Å². The molecular weight excluding hydrogens is 264 g/mol. The predicted octanol–water partition coefficient (Wildman–Crippen LogP) is 2.30. The Hall–Kier alpha value is -1.11. The SMILES string of the molecule is Cn1nc(Br)c([N+](=O)[O-])c1NC(C)(C)C. The van der Waals surface area contributed by atoms with Gasteiger partial charge in [-0.15, -0.1) is 0 Å². The number of anilines is 1. The van der Waals surface area contributed by atoms with Crippen molar-refractivity contribution in [2.45, 2.75) is 26.3 Å². The van der Waals surface area contributed by atoms with Gasteiger partial charge in [0.25, 0.3) is 0 Å². The molecular formula is C8H13BrN4O2. The maximum Gasteiger partial charge on any atom is 0.345 e. The van der Waals surface area contributed by atoms with E-state index in [0.29, 0.717) is 5.82 Å². The third-order valence-corrected chi connectivity index (χ3v) is 2.19. The van der Waals surface area contributed by atoms with E-state index in [-0.39, 0.29) is 15.8 Å². The topological polar surface area (TPSA) is 73.0 Å². The lowest BCUT2D eigenvalue weighted by molar-refractivity contribution is -0.384. The summed E-state index contributed by atoms with van der Waals surface area (Å²) in [5.74, 6) is 0.402. The summed E-state index contributed by atoms with van der Waals surface area (Å²) >= 11 is 3.06. The van der Waals surface area contributed by atoms with Gasteiger partial charge in [0.2, 0.25) is 10.4 Å². The molecule has 0 amide bonds. The summed E-state index contributed by atoms with van der Waals surface area (Å²) in [7, 11) is 1.66. The second-order valence-electron chi connectivity index (χ2n) is 4.24. The Morgan fingerprint density at radius 3 is 2.47 bits per heavy atom. The van der Waals surface area contributed by atoms with E-state index >= 15 is 0 Å². The number of nitro groups is 1. The van der Waals surface area contributed by atoms with Gasteiger partial charge in [0.1, 0.15) is 0 Å². The normalized spacial score (nSPS) is 11.5. The molecule has 0 spiro atoms. The van der Waals surface area contributed by atoms with Crippen LogP contribution in [0.2, 0.25) is 0 Å². The lowest BCUT2D eigenvalue weighted by atomic mass is 10.1. The number of hydrogen-bond acceptors (Lipinski definition) is 4. The molecule has 0 saturated heterocycles. The van der Waals surface area contributed by atoms with Crippen LogP contribution < -0.4 is 5.32 Å². The van der Waals surface area contributed by atoms with Gasteiger partial charge in [-0.25, -0.2) is 4.68 Å². The molecule has 0 aromatic carbocycles. The molecule has 7 heteroatoms. The molecule has 0 aliphatic carbocycles. The molecule has 0 unspecified atom stereocenters. The number of hydrogen-bond donors (Lipinski definition) is 1. The third-order valence-electron chi connectivity index (χ3n) is 1.66. The van der Waals surface area contributed by atoms with Crippen LogP contribution in [-0.4, -0.2) is 20.2 Å². The van der Waals surface area contributed by atoms with Gasteiger partial charge in [-0.3, -0.25) is 10.1 Å². The molecule has 1 heterocycles. The maximum atomic E-state index is 10.8. The van der Waals surface area contributed by atoms with E-state index < -0.39 is 4.92 Å². The van der Waals surface area contributed by atoms with Crippen molar-refractivity contribution in [1.82, 2.24) is 9.78 Å². The summed E-state index contributed by atoms with van der Waals surface area (Å²) < 4.78 is 1.69. The van der Waals surface area contributed by atoms with Crippen molar-refractivity contribution >= 4 is 27.4 Å². The molecule has 0 aliphatic heterocycles. The number of aryl methyl sites for hydroxylation is 1. The molecule has 1 aromatic heterocycles. The van der Waals surface area contributed by atoms with E-state index in [1.54, 1.807) is 7.05 Å². The van der Waals surface area contributed by atoms with E-state index in [9.17, 15) is 10.1 Å². The highest BCUT2D eigenvalue weighted by Gasteiger charge is 2.27. The Labute approximate surface area is 95.9 Å². The molecule has 15 heavy (non-hydrogen) atoms. The summed E-state index contributed by atoms with van der Waals surface area (Å²) in [5.41, 5.74) is -0.287. The van der Waals surface area contributed by atoms with Gasteiger partial charge in [-0.2, -0.15) is 5.10 Å². The first kappa shape index (κ1) is 12.0. The Balaban J connectivity index is 3.21. The quantitative estimate of drug-likeness (QED) is 0.665. The van der Waals surface area contributed by atoms with Crippen molar-refractivity contribution in [1.29, 1.82) is 0 Å². The summed E-state index contributed by atoms with van der Waals surface area (Å²) in [6.07, 6.45) is 0. The molecule has 1 aromatic rings. The number of halogens is 1. The van der Waals surface area contributed by atoms with Crippen LogP contribution in [0.15, 0.2) is 4.60 Å². The zero-order valence-electron chi connectivity index (χ0n) is 9.04. The van der Waals surface area contributed by atoms with Crippen LogP contribution in [0.4, 0.5) is 11.5 Å². The smallest absolute Gasteiger partial charge is 0.345 e. The second kappa shape index (κ2) is 3.80. The Morgan fingerprint density at radius 1 is 1.53 bits per heavy atom. The average molecular weight is 277 g/mol. The average Bonchev–Trinajstić information content (AvgIpc) is 2.23. The first-order valence-electron chi connectivity index (χ1n) is 4.37. The lowest BCUT2D eigenvalue weighted by Crippen LogP contribution is -2.27. The van der Waals surface area contributed by atoms with Crippen LogP contribution in [0, 0.1) is 10.1 Å². The molecule has 0 bridgehead atoms. The molecule has 0 saturated carbocycles. The van der Waals surface area contributed by atoms with Crippen LogP contribution in [-0.2, 0) is 7.05 Å². The largest absolute Gasteiger partial charge is 0.360 e. The highest BCUT2D eigenvalue weighted by molar-refractivity contribution is 9.10. The highest BCUT2D eigenvalue weighted by atomic mass is 79.9. The van der Waals surface area contributed by atoms with Gasteiger partial charge in [-0.05, 0) is 36.7 Å². The molecule has 0 aliphatic rings. The fourth-order valence-corrected chi connectivity index (χ4v) is 1.71. The van der Waals surface area contributed by atoms with Crippen molar-refractivity contribution in [3.63, 3.8) is 0 Å². The molecule has 1 N–H and O–H groups in total. The van der Waals surface area contributed by atoms with Gasteiger partial charge in [-0.1, -0.05) is 0 Å². The Morgan fingerprint density at radius 2 is 2.07 bits per heavy atom. The lowest BCUT2D eigenvalue weighted by Gasteiger charge is -2.21. The minimum Gasteiger partial charge on any atom is -0.360 e. The number of aromatic nitrogens is 2. The number of nitrogens with zero attached hydrogens (tertiary/aromatic N) is 3. The molecule has 0 fully saturated rings. The zero-order valence-corrected chi connectivity index (χ0v) is 10.6. The van der Waals surface area contributed by atoms with Gasteiger partial charge in [0, 0.05) is 12.6 Å². The van der Waals surface area contributed by atoms with Crippen molar-refractivity contribution < 1.29 is 4.92 Å². The third kappa shape index (κ3) is 2.68. The van der Waals surface area contributed by atoms with Crippen molar-refractivity contribution in [3.05, 3.63) is 14.7 Å². The standard InChI is InChI=1S/C8H13BrN4O2/c1-8(2,3)10-7-5(13(14)15)6(9)11-12(7)4/h10H,1-4H3. The van der Waals surface area contributed by atoms with E-state index in [1.807, 2.05) is 20.8 Å². The maximum absolute atomic E-state index is 10.8. The minimum absolute atomic E-state index is 0.0348. The Bertz CT molecular complexity index is 394. The fraction of sp³-hybridized carbons (Fsp3) is 0.625. The molecule has 0 radical (unpaired) electrons. The first-order chi connectivity index (χ1) is 6.72. The van der Waals surface area contributed by atoms with Gasteiger partial charge in [0.05, 0.1) is 4.92 Å². The van der Waals surface area contributed by atoms with Gasteiger partial charge < -0.3 is 5.32 Å². The summed E-state index contributed by atoms with van der Waals surface area (Å²) in [6.45, 7) is 5.78. The van der Waals surface area contributed by atoms with Gasteiger partial charge >= 0.3 is 5.69 Å². The van der Waals surface area contributed by atoms with E-state index in [1.165, 1.54) is 4.68 Å². The van der Waals surface area contributed by atoms with E-state index in [2.05, 4.69) is 26.3 Å². The Kier molecular flexibility index (Phi) is 3.03. The molecule has 84 valence electrons. The molecule has 6 nitrogen and oxygen atoms in total. The molecule has 1 rings (SSSR count). The number of rotatable bonds is 2. The minimum atomic E-state index is -0.453. The predicted molar refractivity (Wildman–Crippen MR) is 60.9 cm³/mol. The first-order valence-corrected chi connectivity index (χ1v) is 5.17.